The molecule has 2 fully saturated rings. The Morgan fingerprint density at radius 1 is 1.09 bits per heavy atom. The van der Waals surface area contributed by atoms with Crippen molar-refractivity contribution in [2.45, 2.75) is 38.8 Å². The summed E-state index contributed by atoms with van der Waals surface area (Å²) in [5, 5.41) is 14.1. The highest BCUT2D eigenvalue weighted by Gasteiger charge is 2.17. The van der Waals surface area contributed by atoms with Crippen LogP contribution in [0.25, 0.3) is 16.9 Å². The molecule has 4 aromatic heterocycles. The van der Waals surface area contributed by atoms with Crippen LogP contribution < -0.4 is 10.4 Å². The molecule has 2 aliphatic rings. The molecular weight excluding hydrogens is 416 g/mol. The maximum absolute atomic E-state index is 5.63. The number of fused-ring (bicyclic) bond motifs is 1. The summed E-state index contributed by atoms with van der Waals surface area (Å²) in [4.78, 5) is 14.7. The Morgan fingerprint density at radius 3 is 2.91 bits per heavy atom. The number of hydroxylamine groups is 1. The minimum absolute atomic E-state index is 0.562. The van der Waals surface area contributed by atoms with Gasteiger partial charge in [0.05, 0.1) is 36.9 Å². The Kier molecular flexibility index (Phi) is 5.49. The molecule has 0 aromatic carbocycles. The predicted molar refractivity (Wildman–Crippen MR) is 125 cm³/mol. The minimum Gasteiger partial charge on any atom is -0.312 e. The molecule has 0 spiro atoms. The average Bonchev–Trinajstić information content (AvgIpc) is 3.56. The first-order valence-corrected chi connectivity index (χ1v) is 11.7. The summed E-state index contributed by atoms with van der Waals surface area (Å²) in [5.41, 5.74) is 5.80. The molecule has 1 aliphatic carbocycles. The van der Waals surface area contributed by atoms with Gasteiger partial charge in [-0.05, 0) is 49.4 Å². The summed E-state index contributed by atoms with van der Waals surface area (Å²) >= 11 is 0. The molecule has 6 rings (SSSR count). The Bertz CT molecular complexity index is 1240. The Balaban J connectivity index is 1.13. The highest BCUT2D eigenvalue weighted by Crippen LogP contribution is 2.25. The van der Waals surface area contributed by atoms with Crippen molar-refractivity contribution in [1.82, 2.24) is 34.7 Å². The SMILES string of the molecule is c1cc2nc(Cn3cc(-c4cncc(N5CCCO5)c4)nn3)cn2cc1CNCC1CCC1. The van der Waals surface area contributed by atoms with Crippen LogP contribution in [0.15, 0.2) is 49.2 Å². The molecule has 1 saturated heterocycles. The van der Waals surface area contributed by atoms with E-state index in [-0.39, 0.29) is 0 Å². The van der Waals surface area contributed by atoms with Crippen LogP contribution in [0.1, 0.15) is 36.9 Å². The second-order valence-electron chi connectivity index (χ2n) is 8.98. The summed E-state index contributed by atoms with van der Waals surface area (Å²) in [6.45, 7) is 4.20. The van der Waals surface area contributed by atoms with E-state index in [1.54, 1.807) is 6.20 Å². The van der Waals surface area contributed by atoms with Crippen molar-refractivity contribution >= 4 is 11.3 Å². The molecule has 170 valence electrons. The van der Waals surface area contributed by atoms with Gasteiger partial charge >= 0.3 is 0 Å². The van der Waals surface area contributed by atoms with Gasteiger partial charge in [0.2, 0.25) is 0 Å². The Labute approximate surface area is 192 Å². The van der Waals surface area contributed by atoms with Gasteiger partial charge in [-0.2, -0.15) is 0 Å². The third-order valence-corrected chi connectivity index (χ3v) is 6.47. The molecule has 1 N–H and O–H groups in total. The summed E-state index contributed by atoms with van der Waals surface area (Å²) in [7, 11) is 0. The van der Waals surface area contributed by atoms with Crippen LogP contribution in [0.4, 0.5) is 5.69 Å². The minimum atomic E-state index is 0.562. The maximum atomic E-state index is 5.63. The number of pyridine rings is 2. The van der Waals surface area contributed by atoms with Gasteiger partial charge in [0, 0.05) is 37.2 Å². The van der Waals surface area contributed by atoms with E-state index in [1.807, 2.05) is 28.2 Å². The number of hydrogen-bond donors (Lipinski definition) is 1. The van der Waals surface area contributed by atoms with E-state index in [4.69, 9.17) is 9.82 Å². The first kappa shape index (κ1) is 20.3. The fourth-order valence-corrected chi connectivity index (χ4v) is 4.42. The highest BCUT2D eigenvalue weighted by molar-refractivity contribution is 5.62. The number of nitrogens with one attached hydrogen (secondary N) is 1. The third-order valence-electron chi connectivity index (χ3n) is 6.47. The highest BCUT2D eigenvalue weighted by atomic mass is 16.7. The van der Waals surface area contributed by atoms with E-state index in [9.17, 15) is 0 Å². The monoisotopic (exact) mass is 444 g/mol. The van der Waals surface area contributed by atoms with Crippen molar-refractivity contribution < 1.29 is 4.84 Å². The fourth-order valence-electron chi connectivity index (χ4n) is 4.42. The van der Waals surface area contributed by atoms with E-state index in [0.717, 1.165) is 66.9 Å². The number of aromatic nitrogens is 6. The largest absolute Gasteiger partial charge is 0.312 e. The van der Waals surface area contributed by atoms with E-state index in [1.165, 1.54) is 24.8 Å². The van der Waals surface area contributed by atoms with Crippen LogP contribution in [0.3, 0.4) is 0 Å². The van der Waals surface area contributed by atoms with Crippen LogP contribution in [-0.2, 0) is 17.9 Å². The number of nitrogens with zero attached hydrogens (tertiary/aromatic N) is 7. The molecule has 9 heteroatoms. The summed E-state index contributed by atoms with van der Waals surface area (Å²) < 4.78 is 3.91. The first-order chi connectivity index (χ1) is 16.3. The van der Waals surface area contributed by atoms with E-state index >= 15 is 0 Å². The molecule has 1 aliphatic heterocycles. The molecule has 0 bridgehead atoms. The first-order valence-electron chi connectivity index (χ1n) is 11.7. The topological polar surface area (TPSA) is 85.4 Å². The van der Waals surface area contributed by atoms with E-state index in [2.05, 4.69) is 49.5 Å². The smallest absolute Gasteiger partial charge is 0.137 e. The van der Waals surface area contributed by atoms with Gasteiger partial charge in [-0.3, -0.25) is 14.9 Å². The van der Waals surface area contributed by atoms with Gasteiger partial charge < -0.3 is 9.72 Å². The van der Waals surface area contributed by atoms with Gasteiger partial charge in [0.1, 0.15) is 11.3 Å². The molecule has 1 saturated carbocycles. The molecule has 0 unspecified atom stereocenters. The summed E-state index contributed by atoms with van der Waals surface area (Å²) in [5.74, 6) is 0.868. The Hall–Kier alpha value is -3.30. The van der Waals surface area contributed by atoms with Crippen LogP contribution in [0.2, 0.25) is 0 Å². The quantitative estimate of drug-likeness (QED) is 0.447. The standard InChI is InChI=1S/C24H28N8O/c1-3-18(4-1)10-25-11-19-5-6-24-27-21(15-30(24)14-19)16-31-17-23(28-29-31)20-9-22(13-26-12-20)32-7-2-8-33-32/h5-6,9,12-15,17-18,25H,1-4,7-8,10-11,16H2. The third kappa shape index (κ3) is 4.46. The molecule has 5 heterocycles. The number of hydrogen-bond acceptors (Lipinski definition) is 7. The van der Waals surface area contributed by atoms with E-state index < -0.39 is 0 Å². The second-order valence-corrected chi connectivity index (χ2v) is 8.98. The van der Waals surface area contributed by atoms with Crippen molar-refractivity contribution in [1.29, 1.82) is 0 Å². The lowest BCUT2D eigenvalue weighted by molar-refractivity contribution is 0.168. The lowest BCUT2D eigenvalue weighted by atomic mass is 9.85. The van der Waals surface area contributed by atoms with Gasteiger partial charge in [-0.15, -0.1) is 5.10 Å². The lowest BCUT2D eigenvalue weighted by Gasteiger charge is -2.25. The number of rotatable bonds is 8. The van der Waals surface area contributed by atoms with Gasteiger partial charge in [0.25, 0.3) is 0 Å². The maximum Gasteiger partial charge on any atom is 0.137 e. The number of anilines is 1. The summed E-state index contributed by atoms with van der Waals surface area (Å²) in [6, 6.07) is 6.27. The molecule has 0 atom stereocenters. The van der Waals surface area contributed by atoms with E-state index in [0.29, 0.717) is 6.54 Å². The van der Waals surface area contributed by atoms with Crippen molar-refractivity contribution in [3.05, 3.63) is 60.4 Å². The second kappa shape index (κ2) is 8.92. The predicted octanol–water partition coefficient (Wildman–Crippen LogP) is 3.07. The van der Waals surface area contributed by atoms with Crippen molar-refractivity contribution in [2.24, 2.45) is 5.92 Å². The normalized spacial score (nSPS) is 16.5. The van der Waals surface area contributed by atoms with Gasteiger partial charge in [-0.25, -0.2) is 9.67 Å². The molecule has 33 heavy (non-hydrogen) atoms. The van der Waals surface area contributed by atoms with Crippen LogP contribution >= 0.6 is 0 Å². The fraction of sp³-hybridized carbons (Fsp3) is 0.417. The van der Waals surface area contributed by atoms with Crippen molar-refractivity contribution in [3.63, 3.8) is 0 Å². The molecule has 9 nitrogen and oxygen atoms in total. The molecule has 0 amide bonds. The van der Waals surface area contributed by atoms with Crippen LogP contribution in [0, 0.1) is 5.92 Å². The van der Waals surface area contributed by atoms with Crippen molar-refractivity contribution in [3.8, 4) is 11.3 Å². The Morgan fingerprint density at radius 2 is 2.06 bits per heavy atom. The zero-order valence-corrected chi connectivity index (χ0v) is 18.6. The lowest BCUT2D eigenvalue weighted by Crippen LogP contribution is -2.26. The van der Waals surface area contributed by atoms with Gasteiger partial charge in [-0.1, -0.05) is 17.7 Å². The summed E-state index contributed by atoms with van der Waals surface area (Å²) in [6.07, 6.45) is 14.9. The van der Waals surface area contributed by atoms with Crippen LogP contribution in [-0.4, -0.2) is 49.1 Å². The van der Waals surface area contributed by atoms with Crippen molar-refractivity contribution in [2.75, 3.05) is 24.8 Å². The molecule has 0 radical (unpaired) electrons. The molecule has 4 aromatic rings. The average molecular weight is 445 g/mol. The molecular formula is C24H28N8O. The number of imidazole rings is 1. The van der Waals surface area contributed by atoms with Gasteiger partial charge in [0.15, 0.2) is 0 Å². The van der Waals surface area contributed by atoms with Crippen LogP contribution in [0.5, 0.6) is 0 Å². The zero-order chi connectivity index (χ0) is 22.0. The zero-order valence-electron chi connectivity index (χ0n) is 18.6.